The van der Waals surface area contributed by atoms with E-state index >= 15 is 0 Å². The second-order valence-corrected chi connectivity index (χ2v) is 3.79. The lowest BCUT2D eigenvalue weighted by Gasteiger charge is -2.37. The number of nitrogens with zero attached hydrogens (tertiary/aromatic N) is 2. The van der Waals surface area contributed by atoms with Gasteiger partial charge in [0, 0.05) is 30.4 Å². The molecule has 0 bridgehead atoms. The molecular formula is C10H12N2O3. The summed E-state index contributed by atoms with van der Waals surface area (Å²) in [5, 5.41) is 19.7. The van der Waals surface area contributed by atoms with Gasteiger partial charge in [-0.25, -0.2) is 0 Å². The smallest absolute Gasteiger partial charge is 0.272 e. The van der Waals surface area contributed by atoms with Crippen LogP contribution in [0.15, 0.2) is 18.2 Å². The first kappa shape index (κ1) is 9.92. The lowest BCUT2D eigenvalue weighted by molar-refractivity contribution is -0.385. The van der Waals surface area contributed by atoms with Crippen molar-refractivity contribution in [2.24, 2.45) is 0 Å². The molecule has 5 heteroatoms. The van der Waals surface area contributed by atoms with E-state index in [1.165, 1.54) is 6.07 Å². The van der Waals surface area contributed by atoms with Gasteiger partial charge in [-0.15, -0.1) is 0 Å². The van der Waals surface area contributed by atoms with Crippen LogP contribution in [-0.4, -0.2) is 29.2 Å². The van der Waals surface area contributed by atoms with E-state index in [1.807, 2.05) is 4.90 Å². The van der Waals surface area contributed by atoms with Gasteiger partial charge in [-0.05, 0) is 19.1 Å². The van der Waals surface area contributed by atoms with E-state index in [-0.39, 0.29) is 16.7 Å². The van der Waals surface area contributed by atoms with Gasteiger partial charge in [0.2, 0.25) is 0 Å². The molecule has 0 aromatic heterocycles. The second kappa shape index (κ2) is 3.51. The largest absolute Gasteiger partial charge is 0.389 e. The predicted molar refractivity (Wildman–Crippen MR) is 56.1 cm³/mol. The summed E-state index contributed by atoms with van der Waals surface area (Å²) in [5.41, 5.74) is 1.72. The molecule has 1 aromatic carbocycles. The number of anilines is 1. The SMILES string of the molecule is Cc1cc(N2CC(O)C2)ccc1[N+](=O)[O-]. The van der Waals surface area contributed by atoms with Gasteiger partial charge in [-0.1, -0.05) is 0 Å². The number of hydrogen-bond donors (Lipinski definition) is 1. The molecule has 15 heavy (non-hydrogen) atoms. The Morgan fingerprint density at radius 2 is 2.20 bits per heavy atom. The summed E-state index contributed by atoms with van der Waals surface area (Å²) in [7, 11) is 0. The fraction of sp³-hybridized carbons (Fsp3) is 0.400. The fourth-order valence-electron chi connectivity index (χ4n) is 1.71. The fourth-order valence-corrected chi connectivity index (χ4v) is 1.71. The van der Waals surface area contributed by atoms with Crippen molar-refractivity contribution in [3.05, 3.63) is 33.9 Å². The van der Waals surface area contributed by atoms with E-state index in [4.69, 9.17) is 5.11 Å². The van der Waals surface area contributed by atoms with Gasteiger partial charge in [-0.2, -0.15) is 0 Å². The molecule has 1 heterocycles. The van der Waals surface area contributed by atoms with Crippen LogP contribution in [0.25, 0.3) is 0 Å². The lowest BCUT2D eigenvalue weighted by Crippen LogP contribution is -2.50. The van der Waals surface area contributed by atoms with Crippen LogP contribution in [-0.2, 0) is 0 Å². The summed E-state index contributed by atoms with van der Waals surface area (Å²) in [6.45, 7) is 2.94. The van der Waals surface area contributed by atoms with Crippen LogP contribution in [0.3, 0.4) is 0 Å². The maximum absolute atomic E-state index is 10.6. The van der Waals surface area contributed by atoms with Crippen LogP contribution in [0.4, 0.5) is 11.4 Å². The minimum Gasteiger partial charge on any atom is -0.389 e. The highest BCUT2D eigenvalue weighted by molar-refractivity contribution is 5.56. The Morgan fingerprint density at radius 3 is 2.67 bits per heavy atom. The quantitative estimate of drug-likeness (QED) is 0.583. The molecule has 1 fully saturated rings. The van der Waals surface area contributed by atoms with E-state index in [1.54, 1.807) is 19.1 Å². The van der Waals surface area contributed by atoms with Crippen molar-refractivity contribution in [2.45, 2.75) is 13.0 Å². The van der Waals surface area contributed by atoms with E-state index in [0.29, 0.717) is 18.7 Å². The Bertz CT molecular complexity index is 400. The molecule has 1 saturated heterocycles. The summed E-state index contributed by atoms with van der Waals surface area (Å²) in [6.07, 6.45) is -0.263. The van der Waals surface area contributed by atoms with Crippen molar-refractivity contribution < 1.29 is 10.0 Å². The number of hydrogen-bond acceptors (Lipinski definition) is 4. The molecule has 0 amide bonds. The van der Waals surface area contributed by atoms with E-state index in [9.17, 15) is 10.1 Å². The average Bonchev–Trinajstić information content (AvgIpc) is 2.12. The van der Waals surface area contributed by atoms with E-state index < -0.39 is 0 Å². The summed E-state index contributed by atoms with van der Waals surface area (Å²) in [4.78, 5) is 12.2. The third kappa shape index (κ3) is 1.78. The van der Waals surface area contributed by atoms with Crippen molar-refractivity contribution in [3.8, 4) is 0 Å². The molecule has 5 nitrogen and oxygen atoms in total. The Kier molecular flexibility index (Phi) is 2.32. The standard InChI is InChI=1S/C10H12N2O3/c1-7-4-8(11-5-9(13)6-11)2-3-10(7)12(14)15/h2-4,9,13H,5-6H2,1H3. The zero-order valence-corrected chi connectivity index (χ0v) is 8.38. The Morgan fingerprint density at radius 1 is 1.53 bits per heavy atom. The number of β-amino-alcohol motifs (C(OH)–C–C–N with tert-alkyl or cyclic N) is 1. The Hall–Kier alpha value is -1.62. The van der Waals surface area contributed by atoms with Crippen LogP contribution in [0, 0.1) is 17.0 Å². The Labute approximate surface area is 87.1 Å². The summed E-state index contributed by atoms with van der Waals surface area (Å²) in [6, 6.07) is 5.01. The van der Waals surface area contributed by atoms with E-state index in [2.05, 4.69) is 0 Å². The number of aryl methyl sites for hydroxylation is 1. The third-order valence-corrected chi connectivity index (χ3v) is 2.60. The molecule has 1 N–H and O–H groups in total. The molecule has 2 rings (SSSR count). The van der Waals surface area contributed by atoms with Gasteiger partial charge >= 0.3 is 0 Å². The zero-order valence-electron chi connectivity index (χ0n) is 8.38. The zero-order chi connectivity index (χ0) is 11.0. The minimum atomic E-state index is -0.385. The number of nitro groups is 1. The number of nitro benzene ring substituents is 1. The molecule has 0 spiro atoms. The molecule has 0 unspecified atom stereocenters. The van der Waals surface area contributed by atoms with Crippen molar-refractivity contribution in [3.63, 3.8) is 0 Å². The Balaban J connectivity index is 2.22. The third-order valence-electron chi connectivity index (χ3n) is 2.60. The monoisotopic (exact) mass is 208 g/mol. The molecule has 1 aliphatic heterocycles. The number of rotatable bonds is 2. The van der Waals surface area contributed by atoms with Crippen molar-refractivity contribution >= 4 is 11.4 Å². The molecule has 0 aliphatic carbocycles. The van der Waals surface area contributed by atoms with Crippen LogP contribution in [0.1, 0.15) is 5.56 Å². The van der Waals surface area contributed by atoms with Crippen molar-refractivity contribution in [2.75, 3.05) is 18.0 Å². The van der Waals surface area contributed by atoms with E-state index in [0.717, 1.165) is 5.69 Å². The first-order chi connectivity index (χ1) is 7.08. The van der Waals surface area contributed by atoms with Crippen LogP contribution >= 0.6 is 0 Å². The van der Waals surface area contributed by atoms with Gasteiger partial charge in [0.25, 0.3) is 5.69 Å². The molecule has 1 aromatic rings. The predicted octanol–water partition coefficient (Wildman–Crippen LogP) is 1.08. The highest BCUT2D eigenvalue weighted by atomic mass is 16.6. The minimum absolute atomic E-state index is 0.139. The summed E-state index contributed by atoms with van der Waals surface area (Å²) in [5.74, 6) is 0. The van der Waals surface area contributed by atoms with Crippen molar-refractivity contribution in [1.82, 2.24) is 0 Å². The molecule has 0 atom stereocenters. The molecule has 0 radical (unpaired) electrons. The van der Waals surface area contributed by atoms with Crippen LogP contribution < -0.4 is 4.90 Å². The molecule has 80 valence electrons. The van der Waals surface area contributed by atoms with Gasteiger partial charge in [-0.3, -0.25) is 10.1 Å². The maximum atomic E-state index is 10.6. The normalized spacial score (nSPS) is 16.3. The summed E-state index contributed by atoms with van der Waals surface area (Å²) < 4.78 is 0. The topological polar surface area (TPSA) is 66.6 Å². The van der Waals surface area contributed by atoms with Gasteiger partial charge < -0.3 is 10.0 Å². The summed E-state index contributed by atoms with van der Waals surface area (Å²) >= 11 is 0. The van der Waals surface area contributed by atoms with Gasteiger partial charge in [0.1, 0.15) is 0 Å². The van der Waals surface area contributed by atoms with Crippen molar-refractivity contribution in [1.29, 1.82) is 0 Å². The highest BCUT2D eigenvalue weighted by Crippen LogP contribution is 2.26. The lowest BCUT2D eigenvalue weighted by atomic mass is 10.1. The van der Waals surface area contributed by atoms with Gasteiger partial charge in [0.15, 0.2) is 0 Å². The number of aliphatic hydroxyl groups excluding tert-OH is 1. The van der Waals surface area contributed by atoms with Crippen LogP contribution in [0.2, 0.25) is 0 Å². The number of benzene rings is 1. The number of aliphatic hydroxyl groups is 1. The van der Waals surface area contributed by atoms with Crippen LogP contribution in [0.5, 0.6) is 0 Å². The molecule has 1 aliphatic rings. The average molecular weight is 208 g/mol. The molecule has 0 saturated carbocycles. The maximum Gasteiger partial charge on any atom is 0.272 e. The first-order valence-electron chi connectivity index (χ1n) is 4.76. The molecular weight excluding hydrogens is 196 g/mol. The van der Waals surface area contributed by atoms with Gasteiger partial charge in [0.05, 0.1) is 11.0 Å². The first-order valence-corrected chi connectivity index (χ1v) is 4.76. The highest BCUT2D eigenvalue weighted by Gasteiger charge is 2.25. The second-order valence-electron chi connectivity index (χ2n) is 3.79.